The maximum Gasteiger partial charge on any atom is 0.319 e. The first kappa shape index (κ1) is 18.7. The number of hydrogen-bond donors (Lipinski definition) is 2. The number of morpholine rings is 1. The van der Waals surface area contributed by atoms with Crippen molar-refractivity contribution < 1.29 is 13.9 Å². The lowest BCUT2D eigenvalue weighted by atomic mass is 10.1. The number of halogens is 2. The fourth-order valence-corrected chi connectivity index (χ4v) is 3.54. The van der Waals surface area contributed by atoms with Gasteiger partial charge in [-0.2, -0.15) is 0 Å². The molecular formula is C19H21BrFN3O2. The third-order valence-electron chi connectivity index (χ3n) is 4.28. The van der Waals surface area contributed by atoms with Gasteiger partial charge in [-0.05, 0) is 36.8 Å². The number of nitrogens with zero attached hydrogens (tertiary/aromatic N) is 1. The summed E-state index contributed by atoms with van der Waals surface area (Å²) in [5.41, 5.74) is 1.91. The number of carbonyl (C=O) groups excluding carboxylic acids is 1. The fourth-order valence-electron chi connectivity index (χ4n) is 2.91. The predicted octanol–water partition coefficient (Wildman–Crippen LogP) is 4.31. The summed E-state index contributed by atoms with van der Waals surface area (Å²) in [6, 6.07) is 11.8. The minimum atomic E-state index is -0.383. The second kappa shape index (κ2) is 8.51. The fraction of sp³-hybridized carbons (Fsp3) is 0.316. The van der Waals surface area contributed by atoms with Crippen LogP contribution < -0.4 is 15.5 Å². The van der Waals surface area contributed by atoms with E-state index in [4.69, 9.17) is 4.74 Å². The zero-order valence-electron chi connectivity index (χ0n) is 14.5. The van der Waals surface area contributed by atoms with Gasteiger partial charge in [-0.15, -0.1) is 0 Å². The lowest BCUT2D eigenvalue weighted by molar-refractivity contribution is 0.122. The SMILES string of the molecule is CC(NC(=O)Nc1ccc(N2CCOCC2)c(F)c1)c1ccccc1Br. The first-order valence-corrected chi connectivity index (χ1v) is 9.28. The van der Waals surface area contributed by atoms with Crippen LogP contribution in [0.4, 0.5) is 20.6 Å². The largest absolute Gasteiger partial charge is 0.378 e. The predicted molar refractivity (Wildman–Crippen MR) is 104 cm³/mol. The molecule has 138 valence electrons. The minimum absolute atomic E-state index is 0.192. The summed E-state index contributed by atoms with van der Waals surface area (Å²) >= 11 is 3.47. The molecule has 1 heterocycles. The van der Waals surface area contributed by atoms with Crippen molar-refractivity contribution in [2.24, 2.45) is 0 Å². The van der Waals surface area contributed by atoms with Crippen molar-refractivity contribution in [3.05, 3.63) is 58.3 Å². The molecule has 0 bridgehead atoms. The van der Waals surface area contributed by atoms with Gasteiger partial charge in [0, 0.05) is 23.2 Å². The number of ether oxygens (including phenoxy) is 1. The molecule has 0 aromatic heterocycles. The molecule has 2 aromatic carbocycles. The second-order valence-electron chi connectivity index (χ2n) is 6.11. The van der Waals surface area contributed by atoms with Crippen molar-refractivity contribution >= 4 is 33.3 Å². The molecule has 3 rings (SSSR count). The summed E-state index contributed by atoms with van der Waals surface area (Å²) in [5, 5.41) is 5.54. The zero-order valence-corrected chi connectivity index (χ0v) is 16.1. The highest BCUT2D eigenvalue weighted by molar-refractivity contribution is 9.10. The molecule has 1 saturated heterocycles. The summed E-state index contributed by atoms with van der Waals surface area (Å²) in [5.74, 6) is -0.358. The number of nitrogens with one attached hydrogen (secondary N) is 2. The molecule has 1 aliphatic rings. The lowest BCUT2D eigenvalue weighted by Crippen LogP contribution is -2.36. The third kappa shape index (κ3) is 4.53. The summed E-state index contributed by atoms with van der Waals surface area (Å²) < 4.78 is 20.6. The molecule has 2 N–H and O–H groups in total. The average molecular weight is 422 g/mol. The van der Waals surface area contributed by atoms with Gasteiger partial charge in [0.15, 0.2) is 0 Å². The highest BCUT2D eigenvalue weighted by Crippen LogP contribution is 2.25. The van der Waals surface area contributed by atoms with Gasteiger partial charge in [-0.3, -0.25) is 0 Å². The Morgan fingerprint density at radius 2 is 1.96 bits per heavy atom. The summed E-state index contributed by atoms with van der Waals surface area (Å²) in [6.07, 6.45) is 0. The number of amides is 2. The van der Waals surface area contributed by atoms with E-state index in [1.165, 1.54) is 6.07 Å². The Bertz CT molecular complexity index is 781. The Balaban J connectivity index is 1.62. The van der Waals surface area contributed by atoms with E-state index in [-0.39, 0.29) is 17.9 Å². The van der Waals surface area contributed by atoms with Crippen LogP contribution in [0, 0.1) is 5.82 Å². The Kier molecular flexibility index (Phi) is 6.11. The van der Waals surface area contributed by atoms with E-state index < -0.39 is 0 Å². The summed E-state index contributed by atoms with van der Waals surface area (Å²) in [4.78, 5) is 14.2. The van der Waals surface area contributed by atoms with Crippen LogP contribution in [0.5, 0.6) is 0 Å². The van der Waals surface area contributed by atoms with Crippen molar-refractivity contribution in [1.29, 1.82) is 0 Å². The van der Waals surface area contributed by atoms with Crippen molar-refractivity contribution in [1.82, 2.24) is 5.32 Å². The van der Waals surface area contributed by atoms with E-state index in [2.05, 4.69) is 26.6 Å². The van der Waals surface area contributed by atoms with Crippen LogP contribution in [-0.2, 0) is 4.74 Å². The zero-order chi connectivity index (χ0) is 18.5. The molecule has 0 radical (unpaired) electrons. The van der Waals surface area contributed by atoms with Crippen LogP contribution in [0.15, 0.2) is 46.9 Å². The van der Waals surface area contributed by atoms with Gasteiger partial charge >= 0.3 is 6.03 Å². The lowest BCUT2D eigenvalue weighted by Gasteiger charge is -2.29. The number of carbonyl (C=O) groups is 1. The van der Waals surface area contributed by atoms with E-state index in [0.29, 0.717) is 37.7 Å². The van der Waals surface area contributed by atoms with E-state index in [1.807, 2.05) is 36.1 Å². The van der Waals surface area contributed by atoms with Crippen molar-refractivity contribution in [3.8, 4) is 0 Å². The van der Waals surface area contributed by atoms with Crippen molar-refractivity contribution in [2.45, 2.75) is 13.0 Å². The molecule has 2 amide bonds. The molecule has 1 fully saturated rings. The van der Waals surface area contributed by atoms with E-state index >= 15 is 0 Å². The molecule has 0 aliphatic carbocycles. The Hall–Kier alpha value is -2.12. The molecule has 7 heteroatoms. The van der Waals surface area contributed by atoms with Crippen LogP contribution in [0.1, 0.15) is 18.5 Å². The van der Waals surface area contributed by atoms with Crippen molar-refractivity contribution in [2.75, 3.05) is 36.5 Å². The molecular weight excluding hydrogens is 401 g/mol. The number of urea groups is 1. The molecule has 5 nitrogen and oxygen atoms in total. The van der Waals surface area contributed by atoms with E-state index in [1.54, 1.807) is 12.1 Å². The normalized spacial score (nSPS) is 15.4. The molecule has 1 unspecified atom stereocenters. The molecule has 26 heavy (non-hydrogen) atoms. The Morgan fingerprint density at radius 1 is 1.23 bits per heavy atom. The minimum Gasteiger partial charge on any atom is -0.378 e. The number of benzene rings is 2. The maximum absolute atomic E-state index is 14.4. The maximum atomic E-state index is 14.4. The Labute approximate surface area is 160 Å². The highest BCUT2D eigenvalue weighted by Gasteiger charge is 2.16. The molecule has 1 aliphatic heterocycles. The Morgan fingerprint density at radius 3 is 2.65 bits per heavy atom. The van der Waals surface area contributed by atoms with Crippen LogP contribution in [-0.4, -0.2) is 32.3 Å². The van der Waals surface area contributed by atoms with E-state index in [0.717, 1.165) is 10.0 Å². The third-order valence-corrected chi connectivity index (χ3v) is 5.00. The van der Waals surface area contributed by atoms with Crippen LogP contribution in [0.3, 0.4) is 0 Å². The summed E-state index contributed by atoms with van der Waals surface area (Å²) in [6.45, 7) is 4.40. The number of rotatable bonds is 4. The number of anilines is 2. The van der Waals surface area contributed by atoms with Gasteiger partial charge in [-0.25, -0.2) is 9.18 Å². The van der Waals surface area contributed by atoms with Gasteiger partial charge in [-0.1, -0.05) is 34.1 Å². The van der Waals surface area contributed by atoms with Crippen LogP contribution in [0.2, 0.25) is 0 Å². The highest BCUT2D eigenvalue weighted by atomic mass is 79.9. The quantitative estimate of drug-likeness (QED) is 0.773. The second-order valence-corrected chi connectivity index (χ2v) is 6.96. The average Bonchev–Trinajstić information content (AvgIpc) is 2.62. The first-order chi connectivity index (χ1) is 12.5. The first-order valence-electron chi connectivity index (χ1n) is 8.49. The van der Waals surface area contributed by atoms with E-state index in [9.17, 15) is 9.18 Å². The topological polar surface area (TPSA) is 53.6 Å². The molecule has 0 spiro atoms. The van der Waals surface area contributed by atoms with Crippen LogP contribution in [0.25, 0.3) is 0 Å². The van der Waals surface area contributed by atoms with Crippen molar-refractivity contribution in [3.63, 3.8) is 0 Å². The van der Waals surface area contributed by atoms with Crippen LogP contribution >= 0.6 is 15.9 Å². The molecule has 0 saturated carbocycles. The molecule has 1 atom stereocenters. The van der Waals surface area contributed by atoms with Gasteiger partial charge in [0.2, 0.25) is 0 Å². The monoisotopic (exact) mass is 421 g/mol. The standard InChI is InChI=1S/C19H21BrFN3O2/c1-13(15-4-2-3-5-16(15)20)22-19(25)23-14-6-7-18(17(21)12-14)24-8-10-26-11-9-24/h2-7,12-13H,8-11H2,1H3,(H2,22,23,25). The number of hydrogen-bond acceptors (Lipinski definition) is 3. The van der Waals surface area contributed by atoms with Gasteiger partial charge in [0.05, 0.1) is 24.9 Å². The smallest absolute Gasteiger partial charge is 0.319 e. The van der Waals surface area contributed by atoms with Gasteiger partial charge < -0.3 is 20.3 Å². The summed E-state index contributed by atoms with van der Waals surface area (Å²) in [7, 11) is 0. The molecule has 2 aromatic rings. The van der Waals surface area contributed by atoms with Gasteiger partial charge in [0.1, 0.15) is 5.82 Å². The van der Waals surface area contributed by atoms with Gasteiger partial charge in [0.25, 0.3) is 0 Å².